The number of ketones is 1. The Labute approximate surface area is 206 Å². The van der Waals surface area contributed by atoms with Gasteiger partial charge >= 0.3 is 0 Å². The number of nitrogens with one attached hydrogen (secondary N) is 1. The minimum atomic E-state index is -0.0469. The minimum Gasteiger partial charge on any atom is -0.324 e. The average Bonchev–Trinajstić information content (AvgIpc) is 2.88. The number of benzene rings is 4. The molecule has 0 unspecified atom stereocenters. The second-order valence-electron chi connectivity index (χ2n) is 7.73. The lowest BCUT2D eigenvalue weighted by Gasteiger charge is -2.11. The highest BCUT2D eigenvalue weighted by Crippen LogP contribution is 2.30. The molecule has 0 radical (unpaired) electrons. The molecular weight excluding hydrogens is 486 g/mol. The lowest BCUT2D eigenvalue weighted by molar-refractivity contribution is 0.104. The Balaban J connectivity index is 1.40. The third-order valence-electron chi connectivity index (χ3n) is 5.36. The number of hydrogen-bond donors (Lipinski definition) is 1. The lowest BCUT2D eigenvalue weighted by Crippen LogP contribution is -2.01. The van der Waals surface area contributed by atoms with Crippen LogP contribution in [0.3, 0.4) is 0 Å². The van der Waals surface area contributed by atoms with E-state index in [0.29, 0.717) is 11.5 Å². The van der Waals surface area contributed by atoms with Gasteiger partial charge in [0.15, 0.2) is 5.78 Å². The van der Waals surface area contributed by atoms with Crippen molar-refractivity contribution in [3.05, 3.63) is 125 Å². The van der Waals surface area contributed by atoms with Crippen LogP contribution >= 0.6 is 15.9 Å². The van der Waals surface area contributed by atoms with Crippen LogP contribution in [0.25, 0.3) is 28.2 Å². The smallest absolute Gasteiger partial charge is 0.228 e. The van der Waals surface area contributed by atoms with E-state index in [4.69, 9.17) is 9.97 Å². The van der Waals surface area contributed by atoms with Crippen LogP contribution in [0.1, 0.15) is 15.9 Å². The fourth-order valence-corrected chi connectivity index (χ4v) is 4.01. The average molecular weight is 506 g/mol. The predicted octanol–water partition coefficient (Wildman–Crippen LogP) is 7.70. The van der Waals surface area contributed by atoms with Crippen LogP contribution in [-0.2, 0) is 0 Å². The van der Waals surface area contributed by atoms with Crippen LogP contribution in [0.15, 0.2) is 114 Å². The van der Waals surface area contributed by atoms with Crippen LogP contribution < -0.4 is 5.32 Å². The molecular formula is C29H20BrN3O. The van der Waals surface area contributed by atoms with Gasteiger partial charge in [-0.3, -0.25) is 4.79 Å². The maximum atomic E-state index is 12.5. The van der Waals surface area contributed by atoms with Crippen molar-refractivity contribution in [2.45, 2.75) is 0 Å². The molecule has 1 N–H and O–H groups in total. The van der Waals surface area contributed by atoms with E-state index in [1.165, 1.54) is 0 Å². The molecule has 0 saturated carbocycles. The van der Waals surface area contributed by atoms with Crippen molar-refractivity contribution >= 4 is 50.3 Å². The molecule has 5 heteroatoms. The molecule has 4 nitrogen and oxygen atoms in total. The van der Waals surface area contributed by atoms with Gasteiger partial charge in [-0.05, 0) is 54.1 Å². The molecule has 0 spiro atoms. The minimum absolute atomic E-state index is 0.0469. The molecule has 0 atom stereocenters. The normalized spacial score (nSPS) is 11.1. The van der Waals surface area contributed by atoms with Crippen LogP contribution in [0.2, 0.25) is 0 Å². The summed E-state index contributed by atoms with van der Waals surface area (Å²) in [6, 6.07) is 33.1. The molecule has 0 aliphatic rings. The molecule has 164 valence electrons. The second kappa shape index (κ2) is 9.81. The van der Waals surface area contributed by atoms with Crippen molar-refractivity contribution in [3.8, 4) is 11.3 Å². The number of carbonyl (C=O) groups is 1. The van der Waals surface area contributed by atoms with Gasteiger partial charge in [-0.1, -0.05) is 82.7 Å². The molecule has 0 fully saturated rings. The fourth-order valence-electron chi connectivity index (χ4n) is 3.65. The van der Waals surface area contributed by atoms with Gasteiger partial charge in [-0.15, -0.1) is 0 Å². The summed E-state index contributed by atoms with van der Waals surface area (Å²) in [5.74, 6) is 0.450. The topological polar surface area (TPSA) is 54.9 Å². The monoisotopic (exact) mass is 505 g/mol. The summed E-state index contributed by atoms with van der Waals surface area (Å²) >= 11 is 3.55. The van der Waals surface area contributed by atoms with Crippen LogP contribution in [0, 0.1) is 0 Å². The summed E-state index contributed by atoms with van der Waals surface area (Å²) < 4.78 is 0.975. The van der Waals surface area contributed by atoms with Gasteiger partial charge in [-0.2, -0.15) is 0 Å². The van der Waals surface area contributed by atoms with E-state index < -0.39 is 0 Å². The summed E-state index contributed by atoms with van der Waals surface area (Å²) in [6.07, 6.45) is 3.41. The Morgan fingerprint density at radius 3 is 2.24 bits per heavy atom. The summed E-state index contributed by atoms with van der Waals surface area (Å²) in [5, 5.41) is 4.25. The molecule has 0 aliphatic heterocycles. The van der Waals surface area contributed by atoms with Gasteiger partial charge in [-0.25, -0.2) is 9.97 Å². The van der Waals surface area contributed by atoms with Crippen LogP contribution in [0.5, 0.6) is 0 Å². The third-order valence-corrected chi connectivity index (χ3v) is 5.85. The molecule has 0 amide bonds. The van der Waals surface area contributed by atoms with E-state index in [1.54, 1.807) is 18.2 Å². The number of hydrogen-bond acceptors (Lipinski definition) is 4. The van der Waals surface area contributed by atoms with Crippen molar-refractivity contribution in [2.75, 3.05) is 5.32 Å². The van der Waals surface area contributed by atoms with Crippen LogP contribution in [-0.4, -0.2) is 15.8 Å². The van der Waals surface area contributed by atoms with Crippen LogP contribution in [0.4, 0.5) is 11.6 Å². The lowest BCUT2D eigenvalue weighted by atomic mass is 10.1. The highest BCUT2D eigenvalue weighted by Gasteiger charge is 2.11. The SMILES string of the molecule is O=C(C=Cc1ccccc1)c1ccc(Nc2nc(-c3ccccc3)c3cc(Br)ccc3n2)cc1. The number of allylic oxidation sites excluding steroid dienone is 1. The number of halogens is 1. The third kappa shape index (κ3) is 4.95. The summed E-state index contributed by atoms with van der Waals surface area (Å²) in [6.45, 7) is 0. The van der Waals surface area contributed by atoms with E-state index >= 15 is 0 Å². The number of nitrogens with zero attached hydrogens (tertiary/aromatic N) is 2. The molecule has 4 aromatic carbocycles. The van der Waals surface area contributed by atoms with Gasteiger partial charge in [0.2, 0.25) is 5.95 Å². The molecule has 5 rings (SSSR count). The molecule has 5 aromatic rings. The first-order valence-electron chi connectivity index (χ1n) is 10.8. The molecule has 1 heterocycles. The molecule has 0 saturated heterocycles. The Hall–Kier alpha value is -4.09. The highest BCUT2D eigenvalue weighted by molar-refractivity contribution is 9.10. The van der Waals surface area contributed by atoms with E-state index in [2.05, 4.69) is 21.2 Å². The zero-order valence-electron chi connectivity index (χ0n) is 18.2. The summed E-state index contributed by atoms with van der Waals surface area (Å²) in [5.41, 5.74) is 5.13. The largest absolute Gasteiger partial charge is 0.324 e. The molecule has 34 heavy (non-hydrogen) atoms. The first kappa shape index (κ1) is 21.7. The van der Waals surface area contributed by atoms with E-state index in [1.807, 2.05) is 97.1 Å². The Kier molecular flexibility index (Phi) is 6.27. The Morgan fingerprint density at radius 1 is 0.794 bits per heavy atom. The van der Waals surface area contributed by atoms with Gasteiger partial charge in [0.1, 0.15) is 0 Å². The molecule has 0 bridgehead atoms. The van der Waals surface area contributed by atoms with Crippen molar-refractivity contribution in [1.29, 1.82) is 0 Å². The van der Waals surface area contributed by atoms with Gasteiger partial charge < -0.3 is 5.32 Å². The first-order chi connectivity index (χ1) is 16.7. The number of carbonyl (C=O) groups excluding carboxylic acids is 1. The summed E-state index contributed by atoms with van der Waals surface area (Å²) in [7, 11) is 0. The maximum absolute atomic E-state index is 12.5. The number of anilines is 2. The highest BCUT2D eigenvalue weighted by atomic mass is 79.9. The van der Waals surface area contributed by atoms with E-state index in [0.717, 1.165) is 37.9 Å². The predicted molar refractivity (Wildman–Crippen MR) is 142 cm³/mol. The fraction of sp³-hybridized carbons (Fsp3) is 0. The van der Waals surface area contributed by atoms with Gasteiger partial charge in [0.05, 0.1) is 11.2 Å². The number of fused-ring (bicyclic) bond motifs is 1. The zero-order chi connectivity index (χ0) is 23.3. The van der Waals surface area contributed by atoms with Crippen molar-refractivity contribution in [3.63, 3.8) is 0 Å². The van der Waals surface area contributed by atoms with E-state index in [9.17, 15) is 4.79 Å². The van der Waals surface area contributed by atoms with Gasteiger partial charge in [0.25, 0.3) is 0 Å². The zero-order valence-corrected chi connectivity index (χ0v) is 19.7. The second-order valence-corrected chi connectivity index (χ2v) is 8.65. The first-order valence-corrected chi connectivity index (χ1v) is 11.6. The number of aromatic nitrogens is 2. The maximum Gasteiger partial charge on any atom is 0.228 e. The molecule has 1 aromatic heterocycles. The Morgan fingerprint density at radius 2 is 1.50 bits per heavy atom. The summed E-state index contributed by atoms with van der Waals surface area (Å²) in [4.78, 5) is 22.0. The van der Waals surface area contributed by atoms with Gasteiger partial charge in [0, 0.05) is 26.7 Å². The van der Waals surface area contributed by atoms with E-state index in [-0.39, 0.29) is 5.78 Å². The van der Waals surface area contributed by atoms with Crippen molar-refractivity contribution < 1.29 is 4.79 Å². The quantitative estimate of drug-likeness (QED) is 0.189. The van der Waals surface area contributed by atoms with Crippen molar-refractivity contribution in [2.24, 2.45) is 0 Å². The van der Waals surface area contributed by atoms with Crippen molar-refractivity contribution in [1.82, 2.24) is 9.97 Å². The standard InChI is InChI=1S/C29H20BrN3O/c30-23-14-17-26-25(19-23)28(22-9-5-2-6-10-22)33-29(32-26)31-24-15-12-21(13-16-24)27(34)18-11-20-7-3-1-4-8-20/h1-19H,(H,31,32,33). The number of rotatable bonds is 6. The molecule has 0 aliphatic carbocycles. The Bertz CT molecular complexity index is 1480.